The first kappa shape index (κ1) is 24.1. The second-order valence-corrected chi connectivity index (χ2v) is 9.91. The number of carboxylic acid groups (broad SMARTS) is 1. The molecule has 2 aromatic carbocycles. The predicted octanol–water partition coefficient (Wildman–Crippen LogP) is 4.11. The molecule has 8 heteroatoms. The fourth-order valence-corrected chi connectivity index (χ4v) is 5.64. The molecule has 0 aromatic heterocycles. The molecule has 0 bridgehead atoms. The summed E-state index contributed by atoms with van der Waals surface area (Å²) in [6.07, 6.45) is 2.25. The zero-order valence-electron chi connectivity index (χ0n) is 19.1. The molecule has 0 radical (unpaired) electrons. The maximum atomic E-state index is 12.3. The number of hydrogen-bond acceptors (Lipinski definition) is 5. The van der Waals surface area contributed by atoms with Gasteiger partial charge in [-0.1, -0.05) is 55.0 Å². The van der Waals surface area contributed by atoms with E-state index >= 15 is 0 Å². The smallest absolute Gasteiger partial charge is 0.407 e. The van der Waals surface area contributed by atoms with Crippen LogP contribution in [0.25, 0.3) is 11.1 Å². The fraction of sp³-hybridized carbons (Fsp3) is 0.423. The van der Waals surface area contributed by atoms with E-state index in [-0.39, 0.29) is 18.4 Å². The van der Waals surface area contributed by atoms with Gasteiger partial charge in [0.15, 0.2) is 0 Å². The SMILES string of the molecule is O=C(NCCCCCC(=O)N1CCSC(C(=O)O)C1)OCC1c2ccccc2-c2ccccc21. The molecule has 1 aliphatic carbocycles. The van der Waals surface area contributed by atoms with Crippen LogP contribution in [0.5, 0.6) is 0 Å². The lowest BCUT2D eigenvalue weighted by Crippen LogP contribution is -2.44. The number of ether oxygens (including phenoxy) is 1. The van der Waals surface area contributed by atoms with Crippen molar-refractivity contribution in [1.29, 1.82) is 0 Å². The quantitative estimate of drug-likeness (QED) is 0.522. The molecule has 34 heavy (non-hydrogen) atoms. The second-order valence-electron chi connectivity index (χ2n) is 8.60. The number of nitrogens with one attached hydrogen (secondary N) is 1. The van der Waals surface area contributed by atoms with E-state index in [2.05, 4.69) is 29.6 Å². The minimum Gasteiger partial charge on any atom is -0.480 e. The van der Waals surface area contributed by atoms with Crippen LogP contribution in [0, 0.1) is 0 Å². The van der Waals surface area contributed by atoms with Crippen molar-refractivity contribution in [2.24, 2.45) is 0 Å². The molecule has 2 aliphatic rings. The second kappa shape index (κ2) is 11.4. The van der Waals surface area contributed by atoms with Gasteiger partial charge < -0.3 is 20.1 Å². The Morgan fingerprint density at radius 2 is 1.68 bits per heavy atom. The molecule has 1 aliphatic heterocycles. The highest BCUT2D eigenvalue weighted by atomic mass is 32.2. The van der Waals surface area contributed by atoms with Crippen LogP contribution in [0.15, 0.2) is 48.5 Å². The van der Waals surface area contributed by atoms with Crippen molar-refractivity contribution in [3.8, 4) is 11.1 Å². The third-order valence-electron chi connectivity index (χ3n) is 6.38. The van der Waals surface area contributed by atoms with E-state index < -0.39 is 17.3 Å². The van der Waals surface area contributed by atoms with Crippen molar-refractivity contribution in [3.05, 3.63) is 59.7 Å². The molecule has 0 saturated carbocycles. The summed E-state index contributed by atoms with van der Waals surface area (Å²) < 4.78 is 5.53. The number of nitrogens with zero attached hydrogens (tertiary/aromatic N) is 1. The minimum atomic E-state index is -0.859. The van der Waals surface area contributed by atoms with Crippen LogP contribution < -0.4 is 5.32 Å². The van der Waals surface area contributed by atoms with Crippen molar-refractivity contribution in [1.82, 2.24) is 10.2 Å². The number of unbranched alkanes of at least 4 members (excludes halogenated alkanes) is 2. The molecule has 1 unspecified atom stereocenters. The van der Waals surface area contributed by atoms with Crippen LogP contribution in [0.3, 0.4) is 0 Å². The number of alkyl carbamates (subject to hydrolysis) is 1. The van der Waals surface area contributed by atoms with E-state index in [0.717, 1.165) is 12.8 Å². The Morgan fingerprint density at radius 1 is 1.00 bits per heavy atom. The zero-order chi connectivity index (χ0) is 23.9. The molecule has 2 aromatic rings. The van der Waals surface area contributed by atoms with E-state index in [1.165, 1.54) is 34.0 Å². The van der Waals surface area contributed by atoms with Crippen molar-refractivity contribution in [2.75, 3.05) is 32.0 Å². The topological polar surface area (TPSA) is 95.9 Å². The summed E-state index contributed by atoms with van der Waals surface area (Å²) in [5.41, 5.74) is 4.76. The van der Waals surface area contributed by atoms with Gasteiger partial charge in [-0.3, -0.25) is 9.59 Å². The van der Waals surface area contributed by atoms with Crippen LogP contribution in [0.4, 0.5) is 4.79 Å². The van der Waals surface area contributed by atoms with Crippen LogP contribution in [0.2, 0.25) is 0 Å². The number of thioether (sulfide) groups is 1. The molecule has 7 nitrogen and oxygen atoms in total. The lowest BCUT2D eigenvalue weighted by atomic mass is 9.98. The van der Waals surface area contributed by atoms with Gasteiger partial charge in [0.05, 0.1) is 0 Å². The molecule has 2 amide bonds. The first-order valence-corrected chi connectivity index (χ1v) is 12.8. The Hall–Kier alpha value is -3.00. The van der Waals surface area contributed by atoms with Gasteiger partial charge in [0.1, 0.15) is 11.9 Å². The Kier molecular flexibility index (Phi) is 8.11. The average molecular weight is 483 g/mol. The third-order valence-corrected chi connectivity index (χ3v) is 7.55. The minimum absolute atomic E-state index is 0.0102. The Balaban J connectivity index is 1.13. The highest BCUT2D eigenvalue weighted by Crippen LogP contribution is 2.44. The molecular formula is C26H30N2O5S. The number of hydrogen-bond donors (Lipinski definition) is 2. The monoisotopic (exact) mass is 482 g/mol. The Bertz CT molecular complexity index is 998. The number of rotatable bonds is 9. The van der Waals surface area contributed by atoms with E-state index in [0.29, 0.717) is 38.3 Å². The first-order valence-electron chi connectivity index (χ1n) is 11.8. The third kappa shape index (κ3) is 5.73. The van der Waals surface area contributed by atoms with Gasteiger partial charge in [-0.25, -0.2) is 4.79 Å². The Labute approximate surface area is 203 Å². The summed E-state index contributed by atoms with van der Waals surface area (Å²) in [4.78, 5) is 37.3. The molecule has 2 N–H and O–H groups in total. The number of carbonyl (C=O) groups is 3. The largest absolute Gasteiger partial charge is 0.480 e. The summed E-state index contributed by atoms with van der Waals surface area (Å²) in [7, 11) is 0. The van der Waals surface area contributed by atoms with Gasteiger partial charge in [-0.15, -0.1) is 11.8 Å². The summed E-state index contributed by atoms with van der Waals surface area (Å²) >= 11 is 1.39. The van der Waals surface area contributed by atoms with Crippen molar-refractivity contribution in [2.45, 2.75) is 36.9 Å². The van der Waals surface area contributed by atoms with Gasteiger partial charge in [0.25, 0.3) is 0 Å². The van der Waals surface area contributed by atoms with Crippen LogP contribution in [0.1, 0.15) is 42.7 Å². The number of amides is 2. The van der Waals surface area contributed by atoms with Crippen molar-refractivity contribution >= 4 is 29.7 Å². The van der Waals surface area contributed by atoms with Gasteiger partial charge in [0.2, 0.25) is 5.91 Å². The van der Waals surface area contributed by atoms with E-state index in [9.17, 15) is 14.4 Å². The number of carbonyl (C=O) groups excluding carboxylic acids is 2. The highest BCUT2D eigenvalue weighted by molar-refractivity contribution is 8.00. The molecule has 180 valence electrons. The summed E-state index contributed by atoms with van der Waals surface area (Å²) in [6.45, 7) is 1.67. The number of aliphatic carboxylic acids is 1. The van der Waals surface area contributed by atoms with Crippen LogP contribution in [-0.2, 0) is 14.3 Å². The lowest BCUT2D eigenvalue weighted by Gasteiger charge is -2.30. The lowest BCUT2D eigenvalue weighted by molar-refractivity contribution is -0.138. The number of carboxylic acids is 1. The van der Waals surface area contributed by atoms with Crippen molar-refractivity contribution in [3.63, 3.8) is 0 Å². The molecular weight excluding hydrogens is 452 g/mol. The average Bonchev–Trinajstić information content (AvgIpc) is 3.18. The normalized spacial score (nSPS) is 17.1. The van der Waals surface area contributed by atoms with Gasteiger partial charge >= 0.3 is 12.1 Å². The zero-order valence-corrected chi connectivity index (χ0v) is 19.9. The summed E-state index contributed by atoms with van der Waals surface area (Å²) in [5.74, 6) is -0.150. The van der Waals surface area contributed by atoms with Crippen LogP contribution in [-0.4, -0.2) is 65.2 Å². The summed E-state index contributed by atoms with van der Waals surface area (Å²) in [5, 5.41) is 11.4. The summed E-state index contributed by atoms with van der Waals surface area (Å²) in [6, 6.07) is 16.5. The van der Waals surface area contributed by atoms with E-state index in [1.54, 1.807) is 4.90 Å². The standard InChI is InChI=1S/C26H30N2O5S/c29-24(28-14-15-34-23(16-28)25(30)31)12-2-1-7-13-27-26(32)33-17-22-20-10-5-3-8-18(20)19-9-4-6-11-21(19)22/h3-6,8-11,22-23H,1-2,7,12-17H2,(H,27,32)(H,30,31). The number of fused-ring (bicyclic) bond motifs is 3. The Morgan fingerprint density at radius 3 is 2.35 bits per heavy atom. The molecule has 4 rings (SSSR count). The molecule has 1 saturated heterocycles. The molecule has 1 atom stereocenters. The predicted molar refractivity (Wildman–Crippen MR) is 132 cm³/mol. The number of benzene rings is 2. The molecule has 0 spiro atoms. The van der Waals surface area contributed by atoms with E-state index in [4.69, 9.17) is 9.84 Å². The maximum Gasteiger partial charge on any atom is 0.407 e. The fourth-order valence-electron chi connectivity index (χ4n) is 4.60. The molecule has 1 heterocycles. The van der Waals surface area contributed by atoms with Crippen molar-refractivity contribution < 1.29 is 24.2 Å². The van der Waals surface area contributed by atoms with Gasteiger partial charge in [-0.05, 0) is 35.1 Å². The first-order chi connectivity index (χ1) is 16.5. The highest BCUT2D eigenvalue weighted by Gasteiger charge is 2.29. The van der Waals surface area contributed by atoms with E-state index in [1.807, 2.05) is 24.3 Å². The maximum absolute atomic E-state index is 12.3. The van der Waals surface area contributed by atoms with Gasteiger partial charge in [0, 0.05) is 37.7 Å². The molecule has 1 fully saturated rings. The van der Waals surface area contributed by atoms with Gasteiger partial charge in [-0.2, -0.15) is 0 Å². The van der Waals surface area contributed by atoms with Crippen LogP contribution >= 0.6 is 11.8 Å².